The summed E-state index contributed by atoms with van der Waals surface area (Å²) >= 11 is -0.550. The first-order chi connectivity index (χ1) is 9.34. The molecular weight excluding hydrogens is 295 g/mol. The molecule has 0 aliphatic rings. The number of nitriles is 1. The van der Waals surface area contributed by atoms with Crippen LogP contribution in [0.3, 0.4) is 0 Å². The van der Waals surface area contributed by atoms with Gasteiger partial charge in [-0.1, -0.05) is 6.07 Å². The minimum atomic E-state index is -4.65. The molecule has 4 nitrogen and oxygen atoms in total. The van der Waals surface area contributed by atoms with Crippen LogP contribution in [0.25, 0.3) is 0 Å². The minimum absolute atomic E-state index is 0.0385. The molecule has 0 bridgehead atoms. The Hall–Kier alpha value is -1.72. The molecule has 8 heteroatoms. The number of alkyl halides is 3. The van der Waals surface area contributed by atoms with Gasteiger partial charge in [-0.25, -0.2) is 4.79 Å². The highest BCUT2D eigenvalue weighted by molar-refractivity contribution is 8.00. The van der Waals surface area contributed by atoms with Gasteiger partial charge in [-0.15, -0.1) is 0 Å². The Morgan fingerprint density at radius 2 is 2.15 bits per heavy atom. The SMILES string of the molecule is CCOC(=O)c1c(C#N)ccc(CO)c1SC(F)(F)F. The van der Waals surface area contributed by atoms with Gasteiger partial charge >= 0.3 is 11.5 Å². The van der Waals surface area contributed by atoms with Crippen molar-refractivity contribution in [1.82, 2.24) is 0 Å². The summed E-state index contributed by atoms with van der Waals surface area (Å²) in [7, 11) is 0. The van der Waals surface area contributed by atoms with Gasteiger partial charge < -0.3 is 9.84 Å². The molecule has 0 aliphatic heterocycles. The Balaban J connectivity index is 3.49. The standard InChI is InChI=1S/C12H10F3NO3S/c1-2-19-11(18)9-7(5-16)3-4-8(6-17)10(9)20-12(13,14)15/h3-4,17H,2,6H2,1H3. The summed E-state index contributed by atoms with van der Waals surface area (Å²) in [5.41, 5.74) is -5.44. The molecule has 108 valence electrons. The molecule has 0 fully saturated rings. The predicted octanol–water partition coefficient (Wildman–Crippen LogP) is 2.84. The number of halogens is 3. The fourth-order valence-corrected chi connectivity index (χ4v) is 2.27. The zero-order chi connectivity index (χ0) is 15.3. The largest absolute Gasteiger partial charge is 0.462 e. The lowest BCUT2D eigenvalue weighted by Crippen LogP contribution is -2.12. The lowest BCUT2D eigenvalue weighted by Gasteiger charge is -2.15. The van der Waals surface area contributed by atoms with E-state index < -0.39 is 40.3 Å². The summed E-state index contributed by atoms with van der Waals surface area (Å²) in [6.07, 6.45) is 0. The lowest BCUT2D eigenvalue weighted by molar-refractivity contribution is -0.0328. The van der Waals surface area contributed by atoms with Crippen molar-refractivity contribution in [2.24, 2.45) is 0 Å². The molecule has 0 spiro atoms. The normalized spacial score (nSPS) is 11.0. The van der Waals surface area contributed by atoms with Crippen molar-refractivity contribution in [3.63, 3.8) is 0 Å². The van der Waals surface area contributed by atoms with E-state index in [1.165, 1.54) is 19.1 Å². The number of carbonyl (C=O) groups is 1. The number of nitrogens with zero attached hydrogens (tertiary/aromatic N) is 1. The van der Waals surface area contributed by atoms with Crippen LogP contribution >= 0.6 is 11.8 Å². The number of hydrogen-bond donors (Lipinski definition) is 1. The van der Waals surface area contributed by atoms with Gasteiger partial charge in [0, 0.05) is 4.90 Å². The van der Waals surface area contributed by atoms with Crippen molar-refractivity contribution in [1.29, 1.82) is 5.26 Å². The third kappa shape index (κ3) is 3.88. The Bertz CT molecular complexity index is 552. The first-order valence-corrected chi connectivity index (χ1v) is 6.25. The van der Waals surface area contributed by atoms with Gasteiger partial charge in [0.05, 0.1) is 24.3 Å². The predicted molar refractivity (Wildman–Crippen MR) is 64.9 cm³/mol. The molecule has 0 unspecified atom stereocenters. The maximum Gasteiger partial charge on any atom is 0.446 e. The maximum atomic E-state index is 12.6. The highest BCUT2D eigenvalue weighted by Crippen LogP contribution is 2.41. The quantitative estimate of drug-likeness (QED) is 0.684. The molecular formula is C12H10F3NO3S. The van der Waals surface area contributed by atoms with E-state index in [-0.39, 0.29) is 17.7 Å². The Kier molecular flexibility index (Phi) is 5.42. The summed E-state index contributed by atoms with van der Waals surface area (Å²) in [5.74, 6) is -1.02. The molecule has 1 rings (SSSR count). The van der Waals surface area contributed by atoms with Crippen LogP contribution in [0.4, 0.5) is 13.2 Å². The van der Waals surface area contributed by atoms with Crippen molar-refractivity contribution >= 4 is 17.7 Å². The molecule has 20 heavy (non-hydrogen) atoms. The number of esters is 1. The lowest BCUT2D eigenvalue weighted by atomic mass is 10.0. The van der Waals surface area contributed by atoms with Crippen LogP contribution in [-0.4, -0.2) is 23.2 Å². The monoisotopic (exact) mass is 305 g/mol. The molecule has 0 aliphatic carbocycles. The summed E-state index contributed by atoms with van der Waals surface area (Å²) in [5, 5.41) is 18.0. The molecule has 0 atom stereocenters. The van der Waals surface area contributed by atoms with Gasteiger partial charge in [0.2, 0.25) is 0 Å². The van der Waals surface area contributed by atoms with Crippen molar-refractivity contribution in [3.05, 3.63) is 28.8 Å². The van der Waals surface area contributed by atoms with Crippen molar-refractivity contribution in [3.8, 4) is 6.07 Å². The first kappa shape index (κ1) is 16.3. The van der Waals surface area contributed by atoms with E-state index in [0.717, 1.165) is 0 Å². The zero-order valence-corrected chi connectivity index (χ0v) is 11.1. The molecule has 1 N–H and O–H groups in total. The summed E-state index contributed by atoms with van der Waals surface area (Å²) < 4.78 is 42.4. The number of aliphatic hydroxyl groups excluding tert-OH is 1. The molecule has 0 aromatic heterocycles. The van der Waals surface area contributed by atoms with Crippen molar-refractivity contribution in [2.75, 3.05) is 6.61 Å². The average molecular weight is 305 g/mol. The van der Waals surface area contributed by atoms with E-state index in [9.17, 15) is 18.0 Å². The summed E-state index contributed by atoms with van der Waals surface area (Å²) in [4.78, 5) is 11.3. The van der Waals surface area contributed by atoms with Crippen LogP contribution in [0.15, 0.2) is 17.0 Å². The van der Waals surface area contributed by atoms with Crippen LogP contribution in [0, 0.1) is 11.3 Å². The molecule has 0 radical (unpaired) electrons. The fraction of sp³-hybridized carbons (Fsp3) is 0.333. The minimum Gasteiger partial charge on any atom is -0.462 e. The van der Waals surface area contributed by atoms with Crippen LogP contribution in [-0.2, 0) is 11.3 Å². The van der Waals surface area contributed by atoms with Crippen LogP contribution in [0.1, 0.15) is 28.4 Å². The van der Waals surface area contributed by atoms with Crippen molar-refractivity contribution in [2.45, 2.75) is 23.9 Å². The van der Waals surface area contributed by atoms with E-state index in [4.69, 9.17) is 10.4 Å². The molecule has 0 heterocycles. The fourth-order valence-electron chi connectivity index (χ4n) is 1.48. The van der Waals surface area contributed by atoms with Gasteiger partial charge in [-0.05, 0) is 30.3 Å². The van der Waals surface area contributed by atoms with Gasteiger partial charge in [0.1, 0.15) is 6.07 Å². The van der Waals surface area contributed by atoms with E-state index in [1.807, 2.05) is 0 Å². The number of benzene rings is 1. The van der Waals surface area contributed by atoms with Crippen LogP contribution in [0.2, 0.25) is 0 Å². The number of thioether (sulfide) groups is 1. The van der Waals surface area contributed by atoms with Gasteiger partial charge in [0.15, 0.2) is 0 Å². The smallest absolute Gasteiger partial charge is 0.446 e. The first-order valence-electron chi connectivity index (χ1n) is 5.43. The topological polar surface area (TPSA) is 70.3 Å². The highest BCUT2D eigenvalue weighted by atomic mass is 32.2. The molecule has 0 saturated heterocycles. The second-order valence-electron chi connectivity index (χ2n) is 3.51. The maximum absolute atomic E-state index is 12.6. The second-order valence-corrected chi connectivity index (χ2v) is 4.59. The number of hydrogen-bond acceptors (Lipinski definition) is 5. The van der Waals surface area contributed by atoms with Gasteiger partial charge in [-0.3, -0.25) is 0 Å². The molecule has 0 amide bonds. The number of rotatable bonds is 4. The number of carbonyl (C=O) groups excluding carboxylic acids is 1. The summed E-state index contributed by atoms with van der Waals surface area (Å²) in [6, 6.07) is 4.00. The molecule has 0 saturated carbocycles. The molecule has 1 aromatic carbocycles. The highest BCUT2D eigenvalue weighted by Gasteiger charge is 2.34. The van der Waals surface area contributed by atoms with Crippen molar-refractivity contribution < 1.29 is 27.8 Å². The zero-order valence-electron chi connectivity index (χ0n) is 10.3. The third-order valence-corrected chi connectivity index (χ3v) is 3.13. The van der Waals surface area contributed by atoms with Gasteiger partial charge in [-0.2, -0.15) is 18.4 Å². The Labute approximate surface area is 117 Å². The number of aliphatic hydroxyl groups is 1. The third-order valence-electron chi connectivity index (χ3n) is 2.23. The molecule has 1 aromatic rings. The number of ether oxygens (including phenoxy) is 1. The Morgan fingerprint density at radius 1 is 1.50 bits per heavy atom. The van der Waals surface area contributed by atoms with Crippen LogP contribution in [0.5, 0.6) is 0 Å². The van der Waals surface area contributed by atoms with E-state index in [2.05, 4.69) is 4.74 Å². The Morgan fingerprint density at radius 3 is 2.60 bits per heavy atom. The summed E-state index contributed by atoms with van der Waals surface area (Å²) in [6.45, 7) is 0.774. The van der Waals surface area contributed by atoms with Crippen LogP contribution < -0.4 is 0 Å². The average Bonchev–Trinajstić information content (AvgIpc) is 2.36. The van der Waals surface area contributed by atoms with Gasteiger partial charge in [0.25, 0.3) is 0 Å². The van der Waals surface area contributed by atoms with E-state index >= 15 is 0 Å². The van der Waals surface area contributed by atoms with E-state index in [1.54, 1.807) is 6.07 Å². The second kappa shape index (κ2) is 6.63. The van der Waals surface area contributed by atoms with E-state index in [0.29, 0.717) is 0 Å².